The van der Waals surface area contributed by atoms with E-state index in [1.165, 1.54) is 12.8 Å². The minimum absolute atomic E-state index is 0.0280. The highest BCUT2D eigenvalue weighted by Crippen LogP contribution is 2.13. The van der Waals surface area contributed by atoms with Gasteiger partial charge in [0.1, 0.15) is 6.42 Å². The zero-order valence-corrected chi connectivity index (χ0v) is 10.5. The summed E-state index contributed by atoms with van der Waals surface area (Å²) in [5, 5.41) is 0. The smallest absolute Gasteiger partial charge is 0.232 e. The van der Waals surface area contributed by atoms with Crippen molar-refractivity contribution in [3.05, 3.63) is 0 Å². The predicted molar refractivity (Wildman–Crippen MR) is 65.5 cm³/mol. The molecule has 2 fully saturated rings. The van der Waals surface area contributed by atoms with Gasteiger partial charge in [0.25, 0.3) is 0 Å². The van der Waals surface area contributed by atoms with Crippen molar-refractivity contribution in [2.75, 3.05) is 26.2 Å². The van der Waals surface area contributed by atoms with E-state index in [1.54, 1.807) is 0 Å². The van der Waals surface area contributed by atoms with Crippen molar-refractivity contribution in [2.45, 2.75) is 44.9 Å². The quantitative estimate of drug-likeness (QED) is 0.682. The minimum atomic E-state index is 0.0280. The molecule has 0 aromatic carbocycles. The van der Waals surface area contributed by atoms with Crippen LogP contribution in [0.5, 0.6) is 0 Å². The molecule has 0 saturated carbocycles. The Kier molecular flexibility index (Phi) is 4.40. The molecule has 0 N–H and O–H groups in total. The first-order valence-electron chi connectivity index (χ1n) is 6.83. The molecule has 96 valence electrons. The lowest BCUT2D eigenvalue weighted by Gasteiger charge is -2.29. The summed E-state index contributed by atoms with van der Waals surface area (Å²) in [5.74, 6) is 0.0561. The van der Waals surface area contributed by atoms with E-state index in [1.807, 2.05) is 9.80 Å². The fourth-order valence-electron chi connectivity index (χ4n) is 2.64. The average molecular weight is 238 g/mol. The van der Waals surface area contributed by atoms with Crippen LogP contribution in [0.2, 0.25) is 0 Å². The first kappa shape index (κ1) is 12.4. The van der Waals surface area contributed by atoms with Crippen LogP contribution >= 0.6 is 0 Å². The van der Waals surface area contributed by atoms with Crippen molar-refractivity contribution in [3.8, 4) is 0 Å². The molecular weight excluding hydrogens is 216 g/mol. The summed E-state index contributed by atoms with van der Waals surface area (Å²) in [5.41, 5.74) is 0. The van der Waals surface area contributed by atoms with Gasteiger partial charge in [0.15, 0.2) is 0 Å². The summed E-state index contributed by atoms with van der Waals surface area (Å²) >= 11 is 0. The highest BCUT2D eigenvalue weighted by molar-refractivity contribution is 5.96. The number of piperidine rings is 2. The van der Waals surface area contributed by atoms with E-state index in [2.05, 4.69) is 0 Å². The van der Waals surface area contributed by atoms with E-state index in [-0.39, 0.29) is 18.2 Å². The van der Waals surface area contributed by atoms with Crippen molar-refractivity contribution >= 4 is 11.8 Å². The van der Waals surface area contributed by atoms with Crippen LogP contribution in [0.3, 0.4) is 0 Å². The molecule has 0 bridgehead atoms. The largest absolute Gasteiger partial charge is 0.342 e. The fraction of sp³-hybridized carbons (Fsp3) is 0.846. The van der Waals surface area contributed by atoms with E-state index in [0.717, 1.165) is 51.9 Å². The fourth-order valence-corrected chi connectivity index (χ4v) is 2.64. The lowest BCUT2D eigenvalue weighted by atomic mass is 10.1. The third-order valence-electron chi connectivity index (χ3n) is 3.72. The van der Waals surface area contributed by atoms with Crippen LogP contribution in [0.4, 0.5) is 0 Å². The third-order valence-corrected chi connectivity index (χ3v) is 3.72. The van der Waals surface area contributed by atoms with Crippen molar-refractivity contribution in [1.29, 1.82) is 0 Å². The summed E-state index contributed by atoms with van der Waals surface area (Å²) in [6, 6.07) is 0. The second-order valence-corrected chi connectivity index (χ2v) is 5.06. The molecule has 2 aliphatic heterocycles. The number of nitrogens with zero attached hydrogens (tertiary/aromatic N) is 2. The molecule has 0 unspecified atom stereocenters. The van der Waals surface area contributed by atoms with Crippen molar-refractivity contribution < 1.29 is 9.59 Å². The second-order valence-electron chi connectivity index (χ2n) is 5.06. The molecule has 0 aliphatic carbocycles. The molecule has 17 heavy (non-hydrogen) atoms. The molecule has 2 rings (SSSR count). The lowest BCUT2D eigenvalue weighted by molar-refractivity contribution is -0.141. The number of likely N-dealkylation sites (tertiary alicyclic amines) is 2. The molecule has 4 nitrogen and oxygen atoms in total. The number of amides is 2. The van der Waals surface area contributed by atoms with Gasteiger partial charge in [-0.15, -0.1) is 0 Å². The van der Waals surface area contributed by atoms with Crippen LogP contribution in [-0.2, 0) is 9.59 Å². The average Bonchev–Trinajstić information content (AvgIpc) is 2.40. The molecule has 0 aromatic heterocycles. The summed E-state index contributed by atoms with van der Waals surface area (Å²) in [6.07, 6.45) is 6.86. The van der Waals surface area contributed by atoms with Gasteiger partial charge < -0.3 is 9.80 Å². The minimum Gasteiger partial charge on any atom is -0.342 e. The molecule has 0 aromatic rings. The summed E-state index contributed by atoms with van der Waals surface area (Å²) in [4.78, 5) is 27.6. The molecule has 4 heteroatoms. The maximum absolute atomic E-state index is 11.9. The van der Waals surface area contributed by atoms with E-state index in [9.17, 15) is 9.59 Å². The number of hydrogen-bond donors (Lipinski definition) is 0. The molecule has 0 atom stereocenters. The molecule has 2 aliphatic rings. The summed E-state index contributed by atoms with van der Waals surface area (Å²) in [7, 11) is 0. The molecule has 0 radical (unpaired) electrons. The third kappa shape index (κ3) is 3.45. The van der Waals surface area contributed by atoms with Gasteiger partial charge in [0, 0.05) is 26.2 Å². The number of rotatable bonds is 2. The summed E-state index contributed by atoms with van der Waals surface area (Å²) in [6.45, 7) is 3.36. The van der Waals surface area contributed by atoms with Crippen molar-refractivity contribution in [3.63, 3.8) is 0 Å². The van der Waals surface area contributed by atoms with Crippen LogP contribution in [0, 0.1) is 0 Å². The number of hydrogen-bond acceptors (Lipinski definition) is 2. The Morgan fingerprint density at radius 3 is 1.35 bits per heavy atom. The number of carbonyl (C=O) groups excluding carboxylic acids is 2. The SMILES string of the molecule is O=C(CC(=O)N1CCCCC1)N1CCCCC1. The number of carbonyl (C=O) groups is 2. The molecule has 2 amide bonds. The normalized spacial score (nSPS) is 21.4. The van der Waals surface area contributed by atoms with Gasteiger partial charge in [0.2, 0.25) is 11.8 Å². The molecule has 2 heterocycles. The van der Waals surface area contributed by atoms with E-state index in [0.29, 0.717) is 0 Å². The van der Waals surface area contributed by atoms with Crippen LogP contribution in [0.1, 0.15) is 44.9 Å². The Bertz CT molecular complexity index is 251. The van der Waals surface area contributed by atoms with Crippen molar-refractivity contribution in [1.82, 2.24) is 9.80 Å². The van der Waals surface area contributed by atoms with Gasteiger partial charge in [-0.3, -0.25) is 9.59 Å². The Morgan fingerprint density at radius 2 is 1.00 bits per heavy atom. The molecule has 0 spiro atoms. The topological polar surface area (TPSA) is 40.6 Å². The van der Waals surface area contributed by atoms with Gasteiger partial charge in [-0.1, -0.05) is 0 Å². The lowest BCUT2D eigenvalue weighted by Crippen LogP contribution is -2.41. The van der Waals surface area contributed by atoms with Crippen LogP contribution < -0.4 is 0 Å². The Morgan fingerprint density at radius 1 is 0.647 bits per heavy atom. The second kappa shape index (κ2) is 6.03. The maximum atomic E-state index is 11.9. The van der Waals surface area contributed by atoms with E-state index >= 15 is 0 Å². The van der Waals surface area contributed by atoms with Crippen LogP contribution in [-0.4, -0.2) is 47.8 Å². The first-order valence-corrected chi connectivity index (χ1v) is 6.83. The Balaban J connectivity index is 1.78. The monoisotopic (exact) mass is 238 g/mol. The highest BCUT2D eigenvalue weighted by atomic mass is 16.2. The van der Waals surface area contributed by atoms with Gasteiger partial charge >= 0.3 is 0 Å². The van der Waals surface area contributed by atoms with Gasteiger partial charge in [-0.25, -0.2) is 0 Å². The van der Waals surface area contributed by atoms with Gasteiger partial charge in [-0.2, -0.15) is 0 Å². The molecule has 2 saturated heterocycles. The van der Waals surface area contributed by atoms with Crippen LogP contribution in [0.15, 0.2) is 0 Å². The van der Waals surface area contributed by atoms with Gasteiger partial charge in [0.05, 0.1) is 0 Å². The van der Waals surface area contributed by atoms with E-state index < -0.39 is 0 Å². The predicted octanol–water partition coefficient (Wildman–Crippen LogP) is 1.40. The Hall–Kier alpha value is -1.06. The maximum Gasteiger partial charge on any atom is 0.232 e. The van der Waals surface area contributed by atoms with Crippen molar-refractivity contribution in [2.24, 2.45) is 0 Å². The summed E-state index contributed by atoms with van der Waals surface area (Å²) < 4.78 is 0. The Labute approximate surface area is 103 Å². The standard InChI is InChI=1S/C13H22N2O2/c16-12(14-7-3-1-4-8-14)11-13(17)15-9-5-2-6-10-15/h1-11H2. The zero-order valence-electron chi connectivity index (χ0n) is 10.5. The first-order chi connectivity index (χ1) is 8.27. The highest BCUT2D eigenvalue weighted by Gasteiger charge is 2.23. The van der Waals surface area contributed by atoms with Crippen LogP contribution in [0.25, 0.3) is 0 Å². The zero-order chi connectivity index (χ0) is 12.1. The van der Waals surface area contributed by atoms with Gasteiger partial charge in [-0.05, 0) is 38.5 Å². The molecular formula is C13H22N2O2. The van der Waals surface area contributed by atoms with E-state index in [4.69, 9.17) is 0 Å².